The molecule has 0 aromatic heterocycles. The molecular formula is C13H27NO2. The molecule has 0 amide bonds. The smallest absolute Gasteiger partial charge is 0.0715 e. The minimum Gasteiger partial charge on any atom is -0.391 e. The van der Waals surface area contributed by atoms with E-state index in [1.54, 1.807) is 0 Å². The number of likely N-dealkylation sites (N-methyl/N-ethyl adjacent to an activating group) is 1. The van der Waals surface area contributed by atoms with Crippen LogP contribution in [0.15, 0.2) is 0 Å². The van der Waals surface area contributed by atoms with Crippen molar-refractivity contribution in [3.63, 3.8) is 0 Å². The van der Waals surface area contributed by atoms with Crippen molar-refractivity contribution in [1.82, 2.24) is 4.90 Å². The predicted molar refractivity (Wildman–Crippen MR) is 66.5 cm³/mol. The fourth-order valence-electron chi connectivity index (χ4n) is 2.01. The standard InChI is InChI=1S/C13H27NO2/c1-13(2,3)12(15)10-14(4)9-11-5-7-16-8-6-11/h11-12,15H,5-10H2,1-4H3. The molecule has 1 N–H and O–H groups in total. The highest BCUT2D eigenvalue weighted by Gasteiger charge is 2.24. The fourth-order valence-corrected chi connectivity index (χ4v) is 2.01. The highest BCUT2D eigenvalue weighted by Crippen LogP contribution is 2.21. The Morgan fingerprint density at radius 3 is 2.38 bits per heavy atom. The maximum absolute atomic E-state index is 10.0. The summed E-state index contributed by atoms with van der Waals surface area (Å²) in [5.41, 5.74) is -0.0239. The van der Waals surface area contributed by atoms with Crippen molar-refractivity contribution in [1.29, 1.82) is 0 Å². The lowest BCUT2D eigenvalue weighted by molar-refractivity contribution is 0.0186. The van der Waals surface area contributed by atoms with Crippen LogP contribution in [0.1, 0.15) is 33.6 Å². The second-order valence-corrected chi connectivity index (χ2v) is 6.16. The Kier molecular flexibility index (Phi) is 5.22. The van der Waals surface area contributed by atoms with Crippen molar-refractivity contribution in [2.75, 3.05) is 33.4 Å². The lowest BCUT2D eigenvalue weighted by Gasteiger charge is -2.32. The summed E-state index contributed by atoms with van der Waals surface area (Å²) in [4.78, 5) is 2.26. The zero-order chi connectivity index (χ0) is 12.2. The third-order valence-electron chi connectivity index (χ3n) is 3.40. The van der Waals surface area contributed by atoms with Gasteiger partial charge < -0.3 is 14.7 Å². The highest BCUT2D eigenvalue weighted by atomic mass is 16.5. The molecular weight excluding hydrogens is 202 g/mol. The predicted octanol–water partition coefficient (Wildman–Crippen LogP) is 1.75. The number of aliphatic hydroxyl groups excluding tert-OH is 1. The van der Waals surface area contributed by atoms with Crippen LogP contribution in [-0.2, 0) is 4.74 Å². The molecule has 0 aromatic carbocycles. The second kappa shape index (κ2) is 5.99. The second-order valence-electron chi connectivity index (χ2n) is 6.16. The molecule has 1 aliphatic rings. The van der Waals surface area contributed by atoms with Crippen molar-refractivity contribution in [2.24, 2.45) is 11.3 Å². The fraction of sp³-hybridized carbons (Fsp3) is 1.00. The molecule has 16 heavy (non-hydrogen) atoms. The highest BCUT2D eigenvalue weighted by molar-refractivity contribution is 4.76. The van der Waals surface area contributed by atoms with E-state index in [1.165, 1.54) is 0 Å². The van der Waals surface area contributed by atoms with Gasteiger partial charge in [-0.05, 0) is 31.2 Å². The lowest BCUT2D eigenvalue weighted by atomic mass is 9.88. The average Bonchev–Trinajstić information content (AvgIpc) is 2.17. The first-order chi connectivity index (χ1) is 7.39. The van der Waals surface area contributed by atoms with Gasteiger partial charge in [0.2, 0.25) is 0 Å². The van der Waals surface area contributed by atoms with Gasteiger partial charge in [-0.25, -0.2) is 0 Å². The van der Waals surface area contributed by atoms with Gasteiger partial charge in [-0.1, -0.05) is 20.8 Å². The van der Waals surface area contributed by atoms with E-state index in [-0.39, 0.29) is 11.5 Å². The van der Waals surface area contributed by atoms with E-state index in [0.717, 1.165) is 45.1 Å². The van der Waals surface area contributed by atoms with Crippen molar-refractivity contribution in [2.45, 2.75) is 39.7 Å². The van der Waals surface area contributed by atoms with E-state index in [2.05, 4.69) is 32.7 Å². The number of rotatable bonds is 4. The van der Waals surface area contributed by atoms with Gasteiger partial charge in [0.15, 0.2) is 0 Å². The number of hydrogen-bond donors (Lipinski definition) is 1. The Labute approximate surface area is 99.8 Å². The summed E-state index contributed by atoms with van der Waals surface area (Å²) in [5, 5.41) is 10.0. The molecule has 1 atom stereocenters. The first kappa shape index (κ1) is 13.9. The van der Waals surface area contributed by atoms with Crippen molar-refractivity contribution in [3.8, 4) is 0 Å². The molecule has 3 nitrogen and oxygen atoms in total. The molecule has 0 spiro atoms. The zero-order valence-corrected chi connectivity index (χ0v) is 11.2. The van der Waals surface area contributed by atoms with Gasteiger partial charge in [0.25, 0.3) is 0 Å². The first-order valence-electron chi connectivity index (χ1n) is 6.34. The van der Waals surface area contributed by atoms with Gasteiger partial charge in [0, 0.05) is 26.3 Å². The molecule has 0 bridgehead atoms. The third-order valence-corrected chi connectivity index (χ3v) is 3.40. The van der Waals surface area contributed by atoms with E-state index in [1.807, 2.05) is 0 Å². The average molecular weight is 229 g/mol. The van der Waals surface area contributed by atoms with Crippen LogP contribution >= 0.6 is 0 Å². The summed E-state index contributed by atoms with van der Waals surface area (Å²) in [6, 6.07) is 0. The topological polar surface area (TPSA) is 32.7 Å². The largest absolute Gasteiger partial charge is 0.391 e. The summed E-state index contributed by atoms with van der Waals surface area (Å²) in [7, 11) is 2.10. The molecule has 0 aromatic rings. The maximum atomic E-state index is 10.0. The van der Waals surface area contributed by atoms with Crippen LogP contribution in [0.25, 0.3) is 0 Å². The summed E-state index contributed by atoms with van der Waals surface area (Å²) in [6.07, 6.45) is 2.07. The monoisotopic (exact) mass is 229 g/mol. The van der Waals surface area contributed by atoms with Crippen molar-refractivity contribution < 1.29 is 9.84 Å². The van der Waals surface area contributed by atoms with Crippen molar-refractivity contribution in [3.05, 3.63) is 0 Å². The molecule has 3 heteroatoms. The maximum Gasteiger partial charge on any atom is 0.0715 e. The Morgan fingerprint density at radius 2 is 1.88 bits per heavy atom. The van der Waals surface area contributed by atoms with Crippen LogP contribution in [0.5, 0.6) is 0 Å². The van der Waals surface area contributed by atoms with Gasteiger partial charge in [-0.2, -0.15) is 0 Å². The Morgan fingerprint density at radius 1 is 1.31 bits per heavy atom. The molecule has 1 unspecified atom stereocenters. The summed E-state index contributed by atoms with van der Waals surface area (Å²) < 4.78 is 5.35. The van der Waals surface area contributed by atoms with Gasteiger partial charge in [-0.15, -0.1) is 0 Å². The molecule has 96 valence electrons. The molecule has 1 fully saturated rings. The van der Waals surface area contributed by atoms with Gasteiger partial charge in [0.1, 0.15) is 0 Å². The normalized spacial score (nSPS) is 21.4. The van der Waals surface area contributed by atoms with Crippen molar-refractivity contribution >= 4 is 0 Å². The number of nitrogens with zero attached hydrogens (tertiary/aromatic N) is 1. The van der Waals surface area contributed by atoms with E-state index < -0.39 is 0 Å². The van der Waals surface area contributed by atoms with E-state index in [0.29, 0.717) is 0 Å². The van der Waals surface area contributed by atoms with Crippen LogP contribution in [-0.4, -0.2) is 49.5 Å². The number of hydrogen-bond acceptors (Lipinski definition) is 3. The molecule has 1 aliphatic heterocycles. The molecule has 0 aliphatic carbocycles. The Balaban J connectivity index is 2.26. The summed E-state index contributed by atoms with van der Waals surface area (Å²) in [6.45, 7) is 9.90. The van der Waals surface area contributed by atoms with Crippen LogP contribution in [0, 0.1) is 11.3 Å². The van der Waals surface area contributed by atoms with Gasteiger partial charge in [0.05, 0.1) is 6.10 Å². The van der Waals surface area contributed by atoms with Crippen LogP contribution < -0.4 is 0 Å². The molecule has 0 saturated carbocycles. The third kappa shape index (κ3) is 4.81. The Bertz CT molecular complexity index is 195. The molecule has 1 saturated heterocycles. The number of aliphatic hydroxyl groups is 1. The quantitative estimate of drug-likeness (QED) is 0.797. The zero-order valence-electron chi connectivity index (χ0n) is 11.2. The minimum absolute atomic E-state index is 0.0239. The Hall–Kier alpha value is -0.120. The van der Waals surface area contributed by atoms with Gasteiger partial charge in [-0.3, -0.25) is 0 Å². The lowest BCUT2D eigenvalue weighted by Crippen LogP contribution is -2.40. The van der Waals surface area contributed by atoms with Gasteiger partial charge >= 0.3 is 0 Å². The summed E-state index contributed by atoms with van der Waals surface area (Å²) >= 11 is 0. The van der Waals surface area contributed by atoms with Crippen LogP contribution in [0.4, 0.5) is 0 Å². The summed E-state index contributed by atoms with van der Waals surface area (Å²) in [5.74, 6) is 0.742. The van der Waals surface area contributed by atoms with Crippen LogP contribution in [0.2, 0.25) is 0 Å². The van der Waals surface area contributed by atoms with E-state index in [4.69, 9.17) is 4.74 Å². The minimum atomic E-state index is -0.252. The van der Waals surface area contributed by atoms with E-state index in [9.17, 15) is 5.11 Å². The SMILES string of the molecule is CN(CC1CCOCC1)CC(O)C(C)(C)C. The van der Waals surface area contributed by atoms with Crippen LogP contribution in [0.3, 0.4) is 0 Å². The molecule has 0 radical (unpaired) electrons. The van der Waals surface area contributed by atoms with E-state index >= 15 is 0 Å². The molecule has 1 rings (SSSR count). The first-order valence-corrected chi connectivity index (χ1v) is 6.34. The number of ether oxygens (including phenoxy) is 1. The molecule has 1 heterocycles.